The fourth-order valence-corrected chi connectivity index (χ4v) is 3.30. The predicted molar refractivity (Wildman–Crippen MR) is 95.8 cm³/mol. The molecule has 1 aliphatic rings. The highest BCUT2D eigenvalue weighted by atomic mass is 15.5. The van der Waals surface area contributed by atoms with Crippen molar-refractivity contribution in [2.45, 2.75) is 52.2 Å². The molecule has 3 rings (SSSR count). The van der Waals surface area contributed by atoms with Crippen LogP contribution in [0.15, 0.2) is 24.3 Å². The zero-order valence-electron chi connectivity index (χ0n) is 14.9. The molecule has 1 fully saturated rings. The van der Waals surface area contributed by atoms with Crippen LogP contribution in [0.2, 0.25) is 0 Å². The van der Waals surface area contributed by atoms with E-state index in [4.69, 9.17) is 0 Å². The minimum atomic E-state index is 0.765. The SMILES string of the molecule is CCCn1nnnc1CN(C)Cc1ccc(N2CCCCC2)cc1. The van der Waals surface area contributed by atoms with Crippen LogP contribution in [0.1, 0.15) is 44.0 Å². The zero-order chi connectivity index (χ0) is 16.8. The van der Waals surface area contributed by atoms with E-state index >= 15 is 0 Å². The van der Waals surface area contributed by atoms with Crippen molar-refractivity contribution in [3.05, 3.63) is 35.7 Å². The summed E-state index contributed by atoms with van der Waals surface area (Å²) in [6, 6.07) is 9.01. The second kappa shape index (κ2) is 8.24. The molecule has 0 saturated carbocycles. The van der Waals surface area contributed by atoms with Crippen LogP contribution in [0.5, 0.6) is 0 Å². The molecule has 0 radical (unpaired) electrons. The zero-order valence-corrected chi connectivity index (χ0v) is 14.9. The van der Waals surface area contributed by atoms with Crippen LogP contribution in [-0.2, 0) is 19.6 Å². The van der Waals surface area contributed by atoms with Gasteiger partial charge in [0.2, 0.25) is 0 Å². The molecule has 0 unspecified atom stereocenters. The largest absolute Gasteiger partial charge is 0.372 e. The first-order chi connectivity index (χ1) is 11.8. The second-order valence-electron chi connectivity index (χ2n) is 6.70. The van der Waals surface area contributed by atoms with Crippen LogP contribution in [0, 0.1) is 0 Å². The molecule has 24 heavy (non-hydrogen) atoms. The maximum atomic E-state index is 4.15. The van der Waals surface area contributed by atoms with Gasteiger partial charge in [-0.25, -0.2) is 4.68 Å². The van der Waals surface area contributed by atoms with Crippen molar-refractivity contribution in [3.8, 4) is 0 Å². The molecule has 0 spiro atoms. The quantitative estimate of drug-likeness (QED) is 0.782. The van der Waals surface area contributed by atoms with E-state index in [-0.39, 0.29) is 0 Å². The summed E-state index contributed by atoms with van der Waals surface area (Å²) in [6.45, 7) is 7.07. The van der Waals surface area contributed by atoms with Gasteiger partial charge in [0.1, 0.15) is 0 Å². The molecule has 0 amide bonds. The lowest BCUT2D eigenvalue weighted by Crippen LogP contribution is -2.29. The summed E-state index contributed by atoms with van der Waals surface area (Å²) in [7, 11) is 2.11. The van der Waals surface area contributed by atoms with E-state index in [2.05, 4.69) is 63.6 Å². The highest BCUT2D eigenvalue weighted by Gasteiger charge is 2.12. The number of aryl methyl sites for hydroxylation is 1. The van der Waals surface area contributed by atoms with Gasteiger partial charge in [-0.05, 0) is 60.9 Å². The maximum absolute atomic E-state index is 4.15. The fraction of sp³-hybridized carbons (Fsp3) is 0.611. The van der Waals surface area contributed by atoms with Crippen LogP contribution in [0.3, 0.4) is 0 Å². The number of hydrogen-bond acceptors (Lipinski definition) is 5. The van der Waals surface area contributed by atoms with Crippen molar-refractivity contribution in [1.29, 1.82) is 0 Å². The van der Waals surface area contributed by atoms with E-state index in [9.17, 15) is 0 Å². The van der Waals surface area contributed by atoms with Crippen LogP contribution >= 0.6 is 0 Å². The number of nitrogens with zero attached hydrogens (tertiary/aromatic N) is 6. The van der Waals surface area contributed by atoms with Crippen LogP contribution < -0.4 is 4.90 Å². The molecule has 1 aromatic carbocycles. The molecule has 130 valence electrons. The molecule has 0 atom stereocenters. The maximum Gasteiger partial charge on any atom is 0.165 e. The van der Waals surface area contributed by atoms with Crippen molar-refractivity contribution in [2.24, 2.45) is 0 Å². The average molecular weight is 328 g/mol. The summed E-state index contributed by atoms with van der Waals surface area (Å²) in [6.07, 6.45) is 5.05. The molecule has 0 aliphatic carbocycles. The number of tetrazole rings is 1. The summed E-state index contributed by atoms with van der Waals surface area (Å²) < 4.78 is 1.90. The van der Waals surface area contributed by atoms with Gasteiger partial charge < -0.3 is 4.90 Å². The van der Waals surface area contributed by atoms with Crippen molar-refractivity contribution >= 4 is 5.69 Å². The number of hydrogen-bond donors (Lipinski definition) is 0. The van der Waals surface area contributed by atoms with Crippen LogP contribution in [-0.4, -0.2) is 45.2 Å². The van der Waals surface area contributed by atoms with Crippen LogP contribution in [0.4, 0.5) is 5.69 Å². The molecule has 1 aromatic heterocycles. The van der Waals surface area contributed by atoms with Crippen LogP contribution in [0.25, 0.3) is 0 Å². The van der Waals surface area contributed by atoms with Gasteiger partial charge in [-0.15, -0.1) is 5.10 Å². The Labute approximate surface area is 144 Å². The van der Waals surface area contributed by atoms with Gasteiger partial charge in [0, 0.05) is 31.9 Å². The number of aromatic nitrogens is 4. The van der Waals surface area contributed by atoms with Crippen molar-refractivity contribution in [1.82, 2.24) is 25.1 Å². The standard InChI is InChI=1S/C18H28N6/c1-3-11-24-18(19-20-21-24)15-22(2)14-16-7-9-17(10-8-16)23-12-5-4-6-13-23/h7-10H,3-6,11-15H2,1-2H3. The highest BCUT2D eigenvalue weighted by Crippen LogP contribution is 2.20. The molecule has 2 aromatic rings. The third-order valence-electron chi connectivity index (χ3n) is 4.56. The molecular formula is C18H28N6. The average Bonchev–Trinajstić information content (AvgIpc) is 3.03. The summed E-state index contributed by atoms with van der Waals surface area (Å²) in [5, 5.41) is 12.0. The minimum absolute atomic E-state index is 0.765. The molecule has 6 nitrogen and oxygen atoms in total. The fourth-order valence-electron chi connectivity index (χ4n) is 3.30. The van der Waals surface area contributed by atoms with E-state index < -0.39 is 0 Å². The lowest BCUT2D eigenvalue weighted by Gasteiger charge is -2.29. The first kappa shape index (κ1) is 16.9. The molecule has 2 heterocycles. The first-order valence-electron chi connectivity index (χ1n) is 9.03. The third kappa shape index (κ3) is 4.32. The molecule has 6 heteroatoms. The second-order valence-corrected chi connectivity index (χ2v) is 6.70. The van der Waals surface area contributed by atoms with Gasteiger partial charge in [-0.2, -0.15) is 0 Å². The number of piperidine rings is 1. The smallest absolute Gasteiger partial charge is 0.165 e. The Morgan fingerprint density at radius 1 is 1.04 bits per heavy atom. The van der Waals surface area contributed by atoms with Gasteiger partial charge in [-0.3, -0.25) is 4.90 Å². The molecular weight excluding hydrogens is 300 g/mol. The summed E-state index contributed by atoms with van der Waals surface area (Å²) in [4.78, 5) is 4.75. The Morgan fingerprint density at radius 2 is 1.79 bits per heavy atom. The Kier molecular flexibility index (Phi) is 5.80. The Bertz CT molecular complexity index is 615. The van der Waals surface area contributed by atoms with E-state index in [1.807, 2.05) is 4.68 Å². The van der Waals surface area contributed by atoms with Gasteiger partial charge in [0.25, 0.3) is 0 Å². The van der Waals surface area contributed by atoms with Crippen molar-refractivity contribution in [2.75, 3.05) is 25.0 Å². The first-order valence-corrected chi connectivity index (χ1v) is 9.03. The molecule has 0 bridgehead atoms. The van der Waals surface area contributed by atoms with Gasteiger partial charge in [0.15, 0.2) is 5.82 Å². The number of anilines is 1. The monoisotopic (exact) mass is 328 g/mol. The van der Waals surface area contributed by atoms with E-state index in [1.54, 1.807) is 0 Å². The molecule has 1 aliphatic heterocycles. The van der Waals surface area contributed by atoms with Crippen molar-refractivity contribution in [3.63, 3.8) is 0 Å². The van der Waals surface area contributed by atoms with Gasteiger partial charge in [0.05, 0.1) is 6.54 Å². The third-order valence-corrected chi connectivity index (χ3v) is 4.56. The Hall–Kier alpha value is -1.95. The van der Waals surface area contributed by atoms with Gasteiger partial charge >= 0.3 is 0 Å². The molecule has 0 N–H and O–H groups in total. The summed E-state index contributed by atoms with van der Waals surface area (Å²) in [5.74, 6) is 0.935. The number of rotatable bonds is 7. The lowest BCUT2D eigenvalue weighted by atomic mass is 10.1. The topological polar surface area (TPSA) is 50.1 Å². The Morgan fingerprint density at radius 3 is 2.50 bits per heavy atom. The lowest BCUT2D eigenvalue weighted by molar-refractivity contribution is 0.302. The van der Waals surface area contributed by atoms with E-state index in [1.165, 1.54) is 43.6 Å². The number of benzene rings is 1. The molecule has 1 saturated heterocycles. The summed E-state index contributed by atoms with van der Waals surface area (Å²) >= 11 is 0. The Balaban J connectivity index is 1.56. The minimum Gasteiger partial charge on any atom is -0.372 e. The van der Waals surface area contributed by atoms with E-state index in [0.717, 1.165) is 31.9 Å². The normalized spacial score (nSPS) is 15.2. The van der Waals surface area contributed by atoms with Crippen molar-refractivity contribution < 1.29 is 0 Å². The highest BCUT2D eigenvalue weighted by molar-refractivity contribution is 5.47. The van der Waals surface area contributed by atoms with E-state index in [0.29, 0.717) is 0 Å². The van der Waals surface area contributed by atoms with Gasteiger partial charge in [-0.1, -0.05) is 19.1 Å². The summed E-state index contributed by atoms with van der Waals surface area (Å²) in [5.41, 5.74) is 2.68. The predicted octanol–water partition coefficient (Wildman–Crippen LogP) is 2.71.